The standard InChI is InChI=1S/C19H21N3O/c1-3-13(2)17(22-19(23)14-9-5-4-6-10-14)18-20-15-11-7-8-12-16(15)21-18/h4-13,17H,3H2,1-2H3,(H,20,21)(H,22,23)/t13-,17+/m0/s1. The predicted octanol–water partition coefficient (Wildman–Crippen LogP) is 4.08. The van der Waals surface area contributed by atoms with Gasteiger partial charge >= 0.3 is 0 Å². The van der Waals surface area contributed by atoms with Gasteiger partial charge in [0.2, 0.25) is 0 Å². The molecule has 0 unspecified atom stereocenters. The normalized spacial score (nSPS) is 13.7. The molecule has 4 nitrogen and oxygen atoms in total. The van der Waals surface area contributed by atoms with Crippen molar-refractivity contribution in [3.63, 3.8) is 0 Å². The van der Waals surface area contributed by atoms with Gasteiger partial charge in [0.25, 0.3) is 5.91 Å². The minimum atomic E-state index is -0.139. The van der Waals surface area contributed by atoms with Gasteiger partial charge in [-0.1, -0.05) is 50.6 Å². The van der Waals surface area contributed by atoms with E-state index >= 15 is 0 Å². The summed E-state index contributed by atoms with van der Waals surface area (Å²) >= 11 is 0. The zero-order chi connectivity index (χ0) is 16.2. The van der Waals surface area contributed by atoms with Gasteiger partial charge in [-0.05, 0) is 30.2 Å². The van der Waals surface area contributed by atoms with Gasteiger partial charge in [-0.2, -0.15) is 0 Å². The van der Waals surface area contributed by atoms with E-state index in [1.54, 1.807) is 0 Å². The van der Waals surface area contributed by atoms with Gasteiger partial charge in [0, 0.05) is 5.56 Å². The fourth-order valence-corrected chi connectivity index (χ4v) is 2.65. The lowest BCUT2D eigenvalue weighted by molar-refractivity contribution is 0.0920. The average molecular weight is 307 g/mol. The van der Waals surface area contributed by atoms with E-state index in [0.717, 1.165) is 23.3 Å². The molecule has 0 aliphatic rings. The maximum Gasteiger partial charge on any atom is 0.251 e. The number of nitrogens with zero attached hydrogens (tertiary/aromatic N) is 1. The number of nitrogens with one attached hydrogen (secondary N) is 2. The lowest BCUT2D eigenvalue weighted by atomic mass is 9.98. The van der Waals surface area contributed by atoms with Crippen LogP contribution in [0.15, 0.2) is 54.6 Å². The highest BCUT2D eigenvalue weighted by atomic mass is 16.1. The van der Waals surface area contributed by atoms with E-state index in [1.807, 2.05) is 54.6 Å². The summed E-state index contributed by atoms with van der Waals surface area (Å²) in [4.78, 5) is 20.5. The number of aromatic amines is 1. The van der Waals surface area contributed by atoms with E-state index in [4.69, 9.17) is 0 Å². The molecule has 0 spiro atoms. The minimum absolute atomic E-state index is 0.0728. The number of hydrogen-bond acceptors (Lipinski definition) is 2. The highest BCUT2D eigenvalue weighted by Crippen LogP contribution is 2.25. The Labute approximate surface area is 136 Å². The number of H-pyrrole nitrogens is 1. The third-order valence-electron chi connectivity index (χ3n) is 4.24. The molecule has 0 saturated heterocycles. The van der Waals surface area contributed by atoms with Crippen molar-refractivity contribution in [2.24, 2.45) is 5.92 Å². The molecule has 0 bridgehead atoms. The van der Waals surface area contributed by atoms with Crippen molar-refractivity contribution in [3.05, 3.63) is 66.0 Å². The van der Waals surface area contributed by atoms with Crippen molar-refractivity contribution in [1.29, 1.82) is 0 Å². The summed E-state index contributed by atoms with van der Waals surface area (Å²) in [5, 5.41) is 3.13. The monoisotopic (exact) mass is 307 g/mol. The molecule has 3 rings (SSSR count). The summed E-state index contributed by atoms with van der Waals surface area (Å²) in [6, 6.07) is 17.1. The van der Waals surface area contributed by atoms with Crippen molar-refractivity contribution in [3.8, 4) is 0 Å². The van der Waals surface area contributed by atoms with E-state index in [9.17, 15) is 4.79 Å². The molecule has 0 saturated carbocycles. The maximum absolute atomic E-state index is 12.5. The molecule has 118 valence electrons. The predicted molar refractivity (Wildman–Crippen MR) is 92.2 cm³/mol. The molecule has 3 aromatic rings. The molecule has 2 atom stereocenters. The van der Waals surface area contributed by atoms with Crippen molar-refractivity contribution in [1.82, 2.24) is 15.3 Å². The third-order valence-corrected chi connectivity index (χ3v) is 4.24. The van der Waals surface area contributed by atoms with Crippen LogP contribution in [0, 0.1) is 5.92 Å². The smallest absolute Gasteiger partial charge is 0.251 e. The minimum Gasteiger partial charge on any atom is -0.342 e. The lowest BCUT2D eigenvalue weighted by Gasteiger charge is -2.22. The first-order valence-corrected chi connectivity index (χ1v) is 7.99. The Morgan fingerprint density at radius 3 is 2.52 bits per heavy atom. The topological polar surface area (TPSA) is 57.8 Å². The number of amides is 1. The molecule has 4 heteroatoms. The Morgan fingerprint density at radius 1 is 1.13 bits per heavy atom. The summed E-state index contributed by atoms with van der Waals surface area (Å²) in [5.41, 5.74) is 2.58. The summed E-state index contributed by atoms with van der Waals surface area (Å²) in [5.74, 6) is 1.02. The second kappa shape index (κ2) is 6.65. The van der Waals surface area contributed by atoms with Gasteiger partial charge in [-0.25, -0.2) is 4.98 Å². The Balaban J connectivity index is 1.90. The number of carbonyl (C=O) groups is 1. The fraction of sp³-hybridized carbons (Fsp3) is 0.263. The molecule has 0 radical (unpaired) electrons. The Bertz CT molecular complexity index is 761. The van der Waals surface area contributed by atoms with Crippen LogP contribution in [0.2, 0.25) is 0 Å². The first-order valence-electron chi connectivity index (χ1n) is 7.99. The zero-order valence-electron chi connectivity index (χ0n) is 13.4. The van der Waals surface area contributed by atoms with Crippen LogP contribution in [0.4, 0.5) is 0 Å². The van der Waals surface area contributed by atoms with Gasteiger partial charge in [-0.15, -0.1) is 0 Å². The SMILES string of the molecule is CC[C@H](C)[C@@H](NC(=O)c1ccccc1)c1nc2ccccc2[nH]1. The van der Waals surface area contributed by atoms with Crippen molar-refractivity contribution in [2.45, 2.75) is 26.3 Å². The summed E-state index contributed by atoms with van der Waals surface area (Å²) in [7, 11) is 0. The molecule has 0 fully saturated rings. The van der Waals surface area contributed by atoms with E-state index in [-0.39, 0.29) is 17.9 Å². The van der Waals surface area contributed by atoms with Crippen LogP contribution in [0.1, 0.15) is 42.5 Å². The molecular weight excluding hydrogens is 286 g/mol. The van der Waals surface area contributed by atoms with E-state index in [0.29, 0.717) is 5.56 Å². The van der Waals surface area contributed by atoms with Gasteiger partial charge in [0.05, 0.1) is 17.1 Å². The maximum atomic E-state index is 12.5. The fourth-order valence-electron chi connectivity index (χ4n) is 2.65. The number of para-hydroxylation sites is 2. The largest absolute Gasteiger partial charge is 0.342 e. The quantitative estimate of drug-likeness (QED) is 0.746. The van der Waals surface area contributed by atoms with Gasteiger partial charge in [-0.3, -0.25) is 4.79 Å². The average Bonchev–Trinajstić information content (AvgIpc) is 3.03. The number of hydrogen-bond donors (Lipinski definition) is 2. The first kappa shape index (κ1) is 15.3. The van der Waals surface area contributed by atoms with Crippen molar-refractivity contribution < 1.29 is 4.79 Å². The van der Waals surface area contributed by atoms with Crippen molar-refractivity contribution in [2.75, 3.05) is 0 Å². The number of benzene rings is 2. The number of imidazole rings is 1. The molecular formula is C19H21N3O. The molecule has 1 aromatic heterocycles. The number of carbonyl (C=O) groups excluding carboxylic acids is 1. The Hall–Kier alpha value is -2.62. The molecule has 2 aromatic carbocycles. The van der Waals surface area contributed by atoms with Crippen LogP contribution >= 0.6 is 0 Å². The van der Waals surface area contributed by atoms with Crippen LogP contribution in [0.5, 0.6) is 0 Å². The van der Waals surface area contributed by atoms with Crippen LogP contribution in [-0.2, 0) is 0 Å². The third kappa shape index (κ3) is 3.26. The highest BCUT2D eigenvalue weighted by Gasteiger charge is 2.24. The highest BCUT2D eigenvalue weighted by molar-refractivity contribution is 5.94. The van der Waals surface area contributed by atoms with E-state index in [2.05, 4.69) is 29.1 Å². The first-order chi connectivity index (χ1) is 11.2. The number of fused-ring (bicyclic) bond motifs is 1. The van der Waals surface area contributed by atoms with Gasteiger partial charge in [0.15, 0.2) is 0 Å². The summed E-state index contributed by atoms with van der Waals surface area (Å²) in [6.45, 7) is 4.25. The Morgan fingerprint density at radius 2 is 1.83 bits per heavy atom. The number of rotatable bonds is 5. The van der Waals surface area contributed by atoms with Gasteiger partial charge in [0.1, 0.15) is 5.82 Å². The molecule has 0 aliphatic carbocycles. The summed E-state index contributed by atoms with van der Waals surface area (Å²) < 4.78 is 0. The molecule has 1 heterocycles. The molecule has 23 heavy (non-hydrogen) atoms. The Kier molecular flexibility index (Phi) is 4.42. The van der Waals surface area contributed by atoms with Gasteiger partial charge < -0.3 is 10.3 Å². The second-order valence-electron chi connectivity index (χ2n) is 5.84. The number of aromatic nitrogens is 2. The molecule has 1 amide bonds. The summed E-state index contributed by atoms with van der Waals surface area (Å²) in [6.07, 6.45) is 0.955. The van der Waals surface area contributed by atoms with E-state index < -0.39 is 0 Å². The van der Waals surface area contributed by atoms with Crippen LogP contribution in [0.3, 0.4) is 0 Å². The second-order valence-corrected chi connectivity index (χ2v) is 5.84. The van der Waals surface area contributed by atoms with Crippen LogP contribution < -0.4 is 5.32 Å². The van der Waals surface area contributed by atoms with Crippen molar-refractivity contribution >= 4 is 16.9 Å². The lowest BCUT2D eigenvalue weighted by Crippen LogP contribution is -2.33. The molecule has 0 aliphatic heterocycles. The zero-order valence-corrected chi connectivity index (χ0v) is 13.4. The molecule has 2 N–H and O–H groups in total. The van der Waals surface area contributed by atoms with Crippen LogP contribution in [0.25, 0.3) is 11.0 Å². The van der Waals surface area contributed by atoms with Crippen LogP contribution in [-0.4, -0.2) is 15.9 Å². The van der Waals surface area contributed by atoms with E-state index in [1.165, 1.54) is 0 Å².